The maximum Gasteiger partial charge on any atom is 0.338 e. The summed E-state index contributed by atoms with van der Waals surface area (Å²) >= 11 is 3.32. The molecule has 0 saturated heterocycles. The first kappa shape index (κ1) is 17.6. The van der Waals surface area contributed by atoms with Crippen molar-refractivity contribution in [3.63, 3.8) is 0 Å². The van der Waals surface area contributed by atoms with Crippen molar-refractivity contribution in [1.29, 1.82) is 0 Å². The molecule has 0 bridgehead atoms. The molecule has 0 unspecified atom stereocenters. The predicted octanol–water partition coefficient (Wildman–Crippen LogP) is 3.06. The van der Waals surface area contributed by atoms with Gasteiger partial charge in [0.1, 0.15) is 12.7 Å². The fraction of sp³-hybridized carbons (Fsp3) is 0.125. The van der Waals surface area contributed by atoms with E-state index < -0.39 is 5.97 Å². The van der Waals surface area contributed by atoms with E-state index in [9.17, 15) is 9.59 Å². The average molecular weight is 391 g/mol. The van der Waals surface area contributed by atoms with Crippen molar-refractivity contribution in [3.8, 4) is 0 Å². The Morgan fingerprint density at radius 2 is 1.71 bits per heavy atom. The van der Waals surface area contributed by atoms with Crippen LogP contribution >= 0.6 is 15.9 Å². The summed E-state index contributed by atoms with van der Waals surface area (Å²) in [6.45, 7) is 0. The molecule has 1 aromatic carbocycles. The van der Waals surface area contributed by atoms with Crippen molar-refractivity contribution in [2.45, 2.75) is 12.8 Å². The molecule has 0 saturated carbocycles. The number of carboxylic acids is 1. The number of aliphatic carboxylic acids is 1. The zero-order valence-electron chi connectivity index (χ0n) is 12.6. The van der Waals surface area contributed by atoms with Crippen LogP contribution in [0.5, 0.6) is 0 Å². The monoisotopic (exact) mass is 390 g/mol. The average Bonchev–Trinajstić information content (AvgIpc) is 3.26. The van der Waals surface area contributed by atoms with Crippen LogP contribution in [-0.2, 0) is 11.2 Å². The van der Waals surface area contributed by atoms with Gasteiger partial charge in [-0.05, 0) is 24.1 Å². The lowest BCUT2D eigenvalue weighted by atomic mass is 10.1. The Balaban J connectivity index is 0.000000174. The molecule has 1 N–H and O–H groups in total. The third-order valence-electron chi connectivity index (χ3n) is 2.97. The molecule has 0 radical (unpaired) electrons. The highest BCUT2D eigenvalue weighted by Gasteiger charge is 2.03. The quantitative estimate of drug-likeness (QED) is 0.741. The van der Waals surface area contributed by atoms with Crippen LogP contribution in [0.2, 0.25) is 0 Å². The first-order valence-electron chi connectivity index (χ1n) is 7.03. The van der Waals surface area contributed by atoms with Gasteiger partial charge in [0.25, 0.3) is 0 Å². The number of halogens is 1. The summed E-state index contributed by atoms with van der Waals surface area (Å²) in [7, 11) is 0. The minimum atomic E-state index is -0.755. The third-order valence-corrected chi connectivity index (χ3v) is 3.46. The van der Waals surface area contributed by atoms with E-state index in [0.29, 0.717) is 6.42 Å². The van der Waals surface area contributed by atoms with Crippen LogP contribution < -0.4 is 0 Å². The van der Waals surface area contributed by atoms with Gasteiger partial charge in [0, 0.05) is 35.7 Å². The fourth-order valence-corrected chi connectivity index (χ4v) is 2.27. The van der Waals surface area contributed by atoms with Crippen LogP contribution in [-0.4, -0.2) is 36.2 Å². The second-order valence-electron chi connectivity index (χ2n) is 4.75. The van der Waals surface area contributed by atoms with Gasteiger partial charge >= 0.3 is 12.0 Å². The maximum absolute atomic E-state index is 11.4. The highest BCUT2D eigenvalue weighted by atomic mass is 79.9. The van der Waals surface area contributed by atoms with Gasteiger partial charge in [0.05, 0.1) is 0 Å². The largest absolute Gasteiger partial charge is 0.481 e. The van der Waals surface area contributed by atoms with Crippen molar-refractivity contribution < 1.29 is 14.7 Å². The van der Waals surface area contributed by atoms with Crippen LogP contribution in [0.3, 0.4) is 0 Å². The van der Waals surface area contributed by atoms with Crippen molar-refractivity contribution >= 4 is 27.9 Å². The number of aromatic nitrogens is 4. The first-order chi connectivity index (χ1) is 11.6. The van der Waals surface area contributed by atoms with Crippen LogP contribution in [0.25, 0.3) is 0 Å². The molecule has 8 heteroatoms. The van der Waals surface area contributed by atoms with Crippen molar-refractivity contribution in [1.82, 2.24) is 19.1 Å². The van der Waals surface area contributed by atoms with E-state index in [-0.39, 0.29) is 12.5 Å². The molecule has 0 aliphatic heterocycles. The number of hydrogen-bond donors (Lipinski definition) is 1. The number of imidazole rings is 2. The minimum Gasteiger partial charge on any atom is -0.481 e. The summed E-state index contributed by atoms with van der Waals surface area (Å²) in [5, 5.41) is 8.43. The summed E-state index contributed by atoms with van der Waals surface area (Å²) in [6.07, 6.45) is 9.95. The maximum atomic E-state index is 11.4. The lowest BCUT2D eigenvalue weighted by Crippen LogP contribution is -2.15. The molecule has 0 fully saturated rings. The predicted molar refractivity (Wildman–Crippen MR) is 90.7 cm³/mol. The van der Waals surface area contributed by atoms with Gasteiger partial charge < -0.3 is 5.11 Å². The molecule has 2 heterocycles. The number of aryl methyl sites for hydroxylation is 1. The van der Waals surface area contributed by atoms with Crippen LogP contribution in [0.15, 0.2) is 66.2 Å². The molecule has 0 spiro atoms. The van der Waals surface area contributed by atoms with Crippen LogP contribution in [0.1, 0.15) is 12.0 Å². The Kier molecular flexibility index (Phi) is 6.44. The Hall–Kier alpha value is -2.74. The standard InChI is InChI=1S/C9H9BrO2.C7H6N4O/c10-8-3-1-2-7(6-8)4-5-9(11)12;12-7(10-3-1-8-5-10)11-4-2-9-6-11/h1-3,6H,4-5H2,(H,11,12);1-6H. The van der Waals surface area contributed by atoms with Crippen molar-refractivity contribution in [2.24, 2.45) is 0 Å². The third kappa shape index (κ3) is 5.47. The Labute approximate surface area is 146 Å². The highest BCUT2D eigenvalue weighted by Crippen LogP contribution is 2.12. The van der Waals surface area contributed by atoms with Crippen LogP contribution in [0, 0.1) is 0 Å². The highest BCUT2D eigenvalue weighted by molar-refractivity contribution is 9.10. The van der Waals surface area contributed by atoms with E-state index in [1.54, 1.807) is 24.8 Å². The minimum absolute atomic E-state index is 0.190. The summed E-state index contributed by atoms with van der Waals surface area (Å²) in [6, 6.07) is 7.49. The molecular weight excluding hydrogens is 376 g/mol. The molecule has 124 valence electrons. The first-order valence-corrected chi connectivity index (χ1v) is 7.82. The second kappa shape index (κ2) is 8.78. The fourth-order valence-electron chi connectivity index (χ4n) is 1.82. The summed E-state index contributed by atoms with van der Waals surface area (Å²) in [4.78, 5) is 29.2. The zero-order valence-corrected chi connectivity index (χ0v) is 14.2. The molecule has 24 heavy (non-hydrogen) atoms. The number of carbonyl (C=O) groups excluding carboxylic acids is 1. The smallest absolute Gasteiger partial charge is 0.338 e. The Morgan fingerprint density at radius 3 is 2.17 bits per heavy atom. The normalized spacial score (nSPS) is 9.88. The summed E-state index contributed by atoms with van der Waals surface area (Å²) in [5.74, 6) is -0.755. The van der Waals surface area contributed by atoms with Gasteiger partial charge in [-0.2, -0.15) is 0 Å². The number of hydrogen-bond acceptors (Lipinski definition) is 4. The summed E-state index contributed by atoms with van der Waals surface area (Å²) in [5.41, 5.74) is 1.05. The molecule has 0 atom stereocenters. The molecule has 7 nitrogen and oxygen atoms in total. The number of benzene rings is 1. The van der Waals surface area contributed by atoms with Gasteiger partial charge in [0.2, 0.25) is 0 Å². The van der Waals surface area contributed by atoms with E-state index in [4.69, 9.17) is 5.11 Å². The van der Waals surface area contributed by atoms with E-state index in [2.05, 4.69) is 25.9 Å². The molecular formula is C16H15BrN4O3. The van der Waals surface area contributed by atoms with Gasteiger partial charge in [0.15, 0.2) is 0 Å². The molecule has 3 rings (SSSR count). The van der Waals surface area contributed by atoms with Gasteiger partial charge in [-0.15, -0.1) is 0 Å². The number of carboxylic acid groups (broad SMARTS) is 1. The number of carbonyl (C=O) groups is 2. The molecule has 2 aromatic heterocycles. The molecule has 3 aromatic rings. The number of rotatable bonds is 3. The van der Waals surface area contributed by atoms with Crippen molar-refractivity contribution in [2.75, 3.05) is 0 Å². The second-order valence-corrected chi connectivity index (χ2v) is 5.66. The molecule has 0 aliphatic carbocycles. The SMILES string of the molecule is O=C(O)CCc1cccc(Br)c1.O=C(n1ccnc1)n1ccnc1. The van der Waals surface area contributed by atoms with Gasteiger partial charge in [-0.25, -0.2) is 14.8 Å². The van der Waals surface area contributed by atoms with E-state index >= 15 is 0 Å². The van der Waals surface area contributed by atoms with E-state index in [0.717, 1.165) is 10.0 Å². The van der Waals surface area contributed by atoms with Crippen LogP contribution in [0.4, 0.5) is 4.79 Å². The number of nitrogens with zero attached hydrogens (tertiary/aromatic N) is 4. The lowest BCUT2D eigenvalue weighted by Gasteiger charge is -1.98. The molecule has 0 aliphatic rings. The Bertz CT molecular complexity index is 749. The lowest BCUT2D eigenvalue weighted by molar-refractivity contribution is -0.136. The Morgan fingerprint density at radius 1 is 1.08 bits per heavy atom. The zero-order chi connectivity index (χ0) is 17.4. The van der Waals surface area contributed by atoms with E-state index in [1.165, 1.54) is 21.8 Å². The topological polar surface area (TPSA) is 90.0 Å². The van der Waals surface area contributed by atoms with Gasteiger partial charge in [-0.1, -0.05) is 28.1 Å². The van der Waals surface area contributed by atoms with Crippen molar-refractivity contribution in [3.05, 3.63) is 71.7 Å². The summed E-state index contributed by atoms with van der Waals surface area (Å²) < 4.78 is 3.74. The van der Waals surface area contributed by atoms with E-state index in [1.807, 2.05) is 24.3 Å². The molecule has 0 amide bonds. The van der Waals surface area contributed by atoms with Gasteiger partial charge in [-0.3, -0.25) is 13.9 Å².